The van der Waals surface area contributed by atoms with Gasteiger partial charge in [0.2, 0.25) is 0 Å². The van der Waals surface area contributed by atoms with Gasteiger partial charge >= 0.3 is 6.09 Å². The smallest absolute Gasteiger partial charge is 0.407 e. The van der Waals surface area contributed by atoms with Crippen molar-refractivity contribution in [2.45, 2.75) is 19.4 Å². The number of fused-ring (bicyclic) bond motifs is 3. The van der Waals surface area contributed by atoms with Gasteiger partial charge in [0.1, 0.15) is 6.61 Å². The van der Waals surface area contributed by atoms with Crippen molar-refractivity contribution in [3.8, 4) is 5.75 Å². The SMILES string of the molecule is O=C(O)N1CCc2ccc3ccn(CCOc4ccccc4F)c3c2CC1. The summed E-state index contributed by atoms with van der Waals surface area (Å²) in [5.74, 6) is -0.109. The van der Waals surface area contributed by atoms with Gasteiger partial charge in [0.25, 0.3) is 0 Å². The summed E-state index contributed by atoms with van der Waals surface area (Å²) < 4.78 is 21.4. The Morgan fingerprint density at radius 3 is 2.74 bits per heavy atom. The van der Waals surface area contributed by atoms with E-state index in [4.69, 9.17) is 4.74 Å². The van der Waals surface area contributed by atoms with Crippen LogP contribution in [-0.2, 0) is 19.4 Å². The lowest BCUT2D eigenvalue weighted by atomic mass is 10.00. The Bertz CT molecular complexity index is 983. The first-order valence-corrected chi connectivity index (χ1v) is 9.08. The highest BCUT2D eigenvalue weighted by Gasteiger charge is 2.20. The van der Waals surface area contributed by atoms with E-state index in [0.29, 0.717) is 39.1 Å². The van der Waals surface area contributed by atoms with Crippen molar-refractivity contribution < 1.29 is 19.0 Å². The van der Waals surface area contributed by atoms with Crippen molar-refractivity contribution in [2.75, 3.05) is 19.7 Å². The molecule has 0 radical (unpaired) electrons. The highest BCUT2D eigenvalue weighted by molar-refractivity contribution is 5.85. The number of amides is 1. The van der Waals surface area contributed by atoms with Crippen molar-refractivity contribution in [1.29, 1.82) is 0 Å². The molecule has 0 aliphatic carbocycles. The zero-order chi connectivity index (χ0) is 18.8. The number of para-hydroxylation sites is 1. The molecular formula is C21H21FN2O3. The summed E-state index contributed by atoms with van der Waals surface area (Å²) >= 11 is 0. The second-order valence-corrected chi connectivity index (χ2v) is 6.70. The van der Waals surface area contributed by atoms with Gasteiger partial charge in [-0.25, -0.2) is 9.18 Å². The molecule has 0 atom stereocenters. The molecule has 1 aromatic heterocycles. The average Bonchev–Trinajstić information content (AvgIpc) is 2.94. The topological polar surface area (TPSA) is 54.7 Å². The summed E-state index contributed by atoms with van der Waals surface area (Å²) in [5.41, 5.74) is 3.52. The maximum Gasteiger partial charge on any atom is 0.407 e. The largest absolute Gasteiger partial charge is 0.489 e. The standard InChI is InChI=1S/C21H21FN2O3/c22-18-3-1-2-4-19(18)27-14-13-23-10-8-16-6-5-15-7-11-24(21(25)26)12-9-17(15)20(16)23/h1-6,8,10H,7,9,11-14H2,(H,25,26). The van der Waals surface area contributed by atoms with E-state index in [1.807, 2.05) is 6.20 Å². The van der Waals surface area contributed by atoms with Gasteiger partial charge in [-0.05, 0) is 47.6 Å². The van der Waals surface area contributed by atoms with Gasteiger partial charge in [-0.3, -0.25) is 0 Å². The van der Waals surface area contributed by atoms with E-state index < -0.39 is 6.09 Å². The molecule has 2 heterocycles. The summed E-state index contributed by atoms with van der Waals surface area (Å²) in [4.78, 5) is 12.8. The molecule has 1 amide bonds. The number of nitrogens with zero attached hydrogens (tertiary/aromatic N) is 2. The molecule has 4 rings (SSSR count). The van der Waals surface area contributed by atoms with E-state index in [0.717, 1.165) is 10.9 Å². The predicted molar refractivity (Wildman–Crippen MR) is 101 cm³/mol. The lowest BCUT2D eigenvalue weighted by molar-refractivity contribution is 0.147. The van der Waals surface area contributed by atoms with Crippen LogP contribution in [0.3, 0.4) is 0 Å². The molecule has 5 nitrogen and oxygen atoms in total. The van der Waals surface area contributed by atoms with Crippen LogP contribution in [0.4, 0.5) is 9.18 Å². The van der Waals surface area contributed by atoms with Crippen molar-refractivity contribution in [3.05, 3.63) is 65.6 Å². The minimum atomic E-state index is -0.868. The number of rotatable bonds is 4. The van der Waals surface area contributed by atoms with E-state index in [-0.39, 0.29) is 11.6 Å². The van der Waals surface area contributed by atoms with Gasteiger partial charge in [0.05, 0.1) is 12.1 Å². The minimum Gasteiger partial charge on any atom is -0.489 e. The molecule has 140 valence electrons. The number of ether oxygens (including phenoxy) is 1. The van der Waals surface area contributed by atoms with E-state index in [1.165, 1.54) is 22.1 Å². The molecule has 0 saturated heterocycles. The molecule has 6 heteroatoms. The van der Waals surface area contributed by atoms with Crippen LogP contribution in [0.5, 0.6) is 5.75 Å². The zero-order valence-electron chi connectivity index (χ0n) is 14.9. The van der Waals surface area contributed by atoms with Gasteiger partial charge in [0, 0.05) is 19.3 Å². The molecule has 0 bridgehead atoms. The van der Waals surface area contributed by atoms with Crippen LogP contribution in [0, 0.1) is 5.82 Å². The third-order valence-electron chi connectivity index (χ3n) is 5.11. The average molecular weight is 368 g/mol. The first-order valence-electron chi connectivity index (χ1n) is 9.08. The molecule has 1 aliphatic rings. The van der Waals surface area contributed by atoms with Gasteiger partial charge in [-0.2, -0.15) is 0 Å². The van der Waals surface area contributed by atoms with E-state index in [1.54, 1.807) is 18.2 Å². The van der Waals surface area contributed by atoms with Crippen LogP contribution in [-0.4, -0.2) is 40.4 Å². The van der Waals surface area contributed by atoms with Gasteiger partial charge < -0.3 is 19.3 Å². The number of carboxylic acid groups (broad SMARTS) is 1. The van der Waals surface area contributed by atoms with Crippen LogP contribution in [0.1, 0.15) is 11.1 Å². The lowest BCUT2D eigenvalue weighted by Crippen LogP contribution is -2.31. The number of halogens is 1. The minimum absolute atomic E-state index is 0.255. The highest BCUT2D eigenvalue weighted by atomic mass is 19.1. The lowest BCUT2D eigenvalue weighted by Gasteiger charge is -2.15. The van der Waals surface area contributed by atoms with Crippen molar-refractivity contribution >= 4 is 17.0 Å². The second-order valence-electron chi connectivity index (χ2n) is 6.70. The maximum atomic E-state index is 13.7. The third kappa shape index (κ3) is 3.47. The number of benzene rings is 2. The zero-order valence-corrected chi connectivity index (χ0v) is 14.9. The molecule has 1 aliphatic heterocycles. The van der Waals surface area contributed by atoms with Crippen molar-refractivity contribution in [1.82, 2.24) is 9.47 Å². The number of hydrogen-bond acceptors (Lipinski definition) is 2. The Labute approximate surface area is 156 Å². The van der Waals surface area contributed by atoms with Crippen molar-refractivity contribution in [3.63, 3.8) is 0 Å². The quantitative estimate of drug-likeness (QED) is 0.759. The molecule has 3 aromatic rings. The number of carbonyl (C=O) groups is 1. The summed E-state index contributed by atoms with van der Waals surface area (Å²) in [6.07, 6.45) is 2.55. The Kier molecular flexibility index (Phi) is 4.71. The molecule has 0 saturated carbocycles. The molecule has 0 fully saturated rings. The second kappa shape index (κ2) is 7.31. The monoisotopic (exact) mass is 368 g/mol. The number of hydrogen-bond donors (Lipinski definition) is 1. The third-order valence-corrected chi connectivity index (χ3v) is 5.11. The van der Waals surface area contributed by atoms with E-state index in [2.05, 4.69) is 22.8 Å². The Morgan fingerprint density at radius 2 is 1.93 bits per heavy atom. The first kappa shape index (κ1) is 17.4. The Balaban J connectivity index is 1.56. The fourth-order valence-corrected chi connectivity index (χ4v) is 3.74. The van der Waals surface area contributed by atoms with Crippen LogP contribution >= 0.6 is 0 Å². The van der Waals surface area contributed by atoms with E-state index >= 15 is 0 Å². The van der Waals surface area contributed by atoms with E-state index in [9.17, 15) is 14.3 Å². The molecule has 0 unspecified atom stereocenters. The molecular weight excluding hydrogens is 347 g/mol. The summed E-state index contributed by atoms with van der Waals surface area (Å²) in [7, 11) is 0. The first-order chi connectivity index (χ1) is 13.1. The van der Waals surface area contributed by atoms with Crippen LogP contribution in [0.25, 0.3) is 10.9 Å². The summed E-state index contributed by atoms with van der Waals surface area (Å²) in [5, 5.41) is 10.4. The summed E-state index contributed by atoms with van der Waals surface area (Å²) in [6, 6.07) is 12.6. The fraction of sp³-hybridized carbons (Fsp3) is 0.286. The molecule has 2 aromatic carbocycles. The van der Waals surface area contributed by atoms with Crippen LogP contribution < -0.4 is 4.74 Å². The Hall–Kier alpha value is -3.02. The number of aromatic nitrogens is 1. The Morgan fingerprint density at radius 1 is 1.11 bits per heavy atom. The highest BCUT2D eigenvalue weighted by Crippen LogP contribution is 2.27. The molecule has 27 heavy (non-hydrogen) atoms. The van der Waals surface area contributed by atoms with Gasteiger partial charge in [0.15, 0.2) is 11.6 Å². The summed E-state index contributed by atoms with van der Waals surface area (Å²) in [6.45, 7) is 1.97. The molecule has 1 N–H and O–H groups in total. The maximum absolute atomic E-state index is 13.7. The van der Waals surface area contributed by atoms with Gasteiger partial charge in [-0.1, -0.05) is 24.3 Å². The fourth-order valence-electron chi connectivity index (χ4n) is 3.74. The normalized spacial score (nSPS) is 14.0. The van der Waals surface area contributed by atoms with Gasteiger partial charge in [-0.15, -0.1) is 0 Å². The van der Waals surface area contributed by atoms with Crippen LogP contribution in [0.15, 0.2) is 48.7 Å². The predicted octanol–water partition coefficient (Wildman–Crippen LogP) is 3.94. The van der Waals surface area contributed by atoms with Crippen molar-refractivity contribution in [2.24, 2.45) is 0 Å². The molecule has 0 spiro atoms. The van der Waals surface area contributed by atoms with Crippen LogP contribution in [0.2, 0.25) is 0 Å².